The Morgan fingerprint density at radius 1 is 1.32 bits per heavy atom. The summed E-state index contributed by atoms with van der Waals surface area (Å²) in [5.41, 5.74) is 0. The van der Waals surface area contributed by atoms with E-state index in [9.17, 15) is 9.59 Å². The predicted molar refractivity (Wildman–Crippen MR) is 68.6 cm³/mol. The molecular formula is C13H22N2O4. The lowest BCUT2D eigenvalue weighted by Gasteiger charge is -2.33. The van der Waals surface area contributed by atoms with Crippen molar-refractivity contribution in [1.29, 1.82) is 0 Å². The summed E-state index contributed by atoms with van der Waals surface area (Å²) < 4.78 is 10.2. The molecule has 0 bridgehead atoms. The summed E-state index contributed by atoms with van der Waals surface area (Å²) >= 11 is 0. The van der Waals surface area contributed by atoms with Crippen LogP contribution >= 0.6 is 0 Å². The number of carbonyl (C=O) groups is 2. The third-order valence-corrected chi connectivity index (χ3v) is 3.65. The molecular weight excluding hydrogens is 248 g/mol. The van der Waals surface area contributed by atoms with Crippen LogP contribution < -0.4 is 5.32 Å². The summed E-state index contributed by atoms with van der Waals surface area (Å²) in [7, 11) is 1.50. The Kier molecular flexibility index (Phi) is 5.15. The second-order valence-corrected chi connectivity index (χ2v) is 5.10. The van der Waals surface area contributed by atoms with E-state index >= 15 is 0 Å². The molecule has 2 fully saturated rings. The molecule has 19 heavy (non-hydrogen) atoms. The first-order valence-electron chi connectivity index (χ1n) is 6.89. The molecule has 6 heteroatoms. The van der Waals surface area contributed by atoms with Gasteiger partial charge in [-0.15, -0.1) is 0 Å². The molecule has 0 aliphatic carbocycles. The number of amides is 2. The maximum absolute atomic E-state index is 12.1. The fourth-order valence-electron chi connectivity index (χ4n) is 2.62. The minimum absolute atomic E-state index is 0.0913. The van der Waals surface area contributed by atoms with Crippen LogP contribution in [0.5, 0.6) is 0 Å². The summed E-state index contributed by atoms with van der Waals surface area (Å²) in [6.07, 6.45) is 3.17. The molecule has 1 N–H and O–H groups in total. The van der Waals surface area contributed by atoms with Crippen molar-refractivity contribution >= 4 is 11.8 Å². The fourth-order valence-corrected chi connectivity index (χ4v) is 2.62. The zero-order valence-electron chi connectivity index (χ0n) is 11.4. The zero-order chi connectivity index (χ0) is 13.7. The van der Waals surface area contributed by atoms with E-state index in [4.69, 9.17) is 9.47 Å². The molecule has 0 aromatic heterocycles. The third-order valence-electron chi connectivity index (χ3n) is 3.65. The van der Waals surface area contributed by atoms with E-state index in [0.717, 1.165) is 25.7 Å². The van der Waals surface area contributed by atoms with Crippen molar-refractivity contribution in [3.8, 4) is 0 Å². The van der Waals surface area contributed by atoms with Crippen molar-refractivity contribution in [2.45, 2.75) is 37.8 Å². The first-order chi connectivity index (χ1) is 9.20. The van der Waals surface area contributed by atoms with Crippen LogP contribution in [0.3, 0.4) is 0 Å². The van der Waals surface area contributed by atoms with Gasteiger partial charge in [0.1, 0.15) is 12.7 Å². The molecule has 0 aromatic carbocycles. The monoisotopic (exact) mass is 270 g/mol. The second-order valence-electron chi connectivity index (χ2n) is 5.10. The fraction of sp³-hybridized carbons (Fsp3) is 0.846. The van der Waals surface area contributed by atoms with Crippen molar-refractivity contribution in [2.24, 2.45) is 0 Å². The summed E-state index contributed by atoms with van der Waals surface area (Å²) in [6.45, 7) is 2.17. The maximum Gasteiger partial charge on any atom is 0.251 e. The Labute approximate surface area is 113 Å². The van der Waals surface area contributed by atoms with Crippen LogP contribution in [0.2, 0.25) is 0 Å². The number of nitrogens with one attached hydrogen (secondary N) is 1. The highest BCUT2D eigenvalue weighted by Crippen LogP contribution is 2.18. The molecule has 0 spiro atoms. The van der Waals surface area contributed by atoms with Gasteiger partial charge in [0, 0.05) is 32.8 Å². The smallest absolute Gasteiger partial charge is 0.251 e. The highest BCUT2D eigenvalue weighted by molar-refractivity contribution is 5.81. The molecule has 0 saturated carbocycles. The topological polar surface area (TPSA) is 67.9 Å². The number of carbonyl (C=O) groups excluding carboxylic acids is 2. The van der Waals surface area contributed by atoms with Crippen LogP contribution in [-0.4, -0.2) is 62.3 Å². The quantitative estimate of drug-likeness (QED) is 0.776. The van der Waals surface area contributed by atoms with Gasteiger partial charge in [0.05, 0.1) is 0 Å². The molecule has 108 valence electrons. The van der Waals surface area contributed by atoms with E-state index in [1.54, 1.807) is 0 Å². The largest absolute Gasteiger partial charge is 0.375 e. The summed E-state index contributed by atoms with van der Waals surface area (Å²) in [5, 5.41) is 2.92. The number of rotatable bonds is 4. The van der Waals surface area contributed by atoms with E-state index < -0.39 is 0 Å². The van der Waals surface area contributed by atoms with E-state index in [1.165, 1.54) is 7.11 Å². The van der Waals surface area contributed by atoms with Crippen LogP contribution in [0, 0.1) is 0 Å². The molecule has 1 atom stereocenters. The zero-order valence-corrected chi connectivity index (χ0v) is 11.4. The van der Waals surface area contributed by atoms with Gasteiger partial charge in [0.25, 0.3) is 5.91 Å². The van der Waals surface area contributed by atoms with Crippen molar-refractivity contribution in [3.63, 3.8) is 0 Å². The van der Waals surface area contributed by atoms with Crippen molar-refractivity contribution in [3.05, 3.63) is 0 Å². The highest BCUT2D eigenvalue weighted by atomic mass is 16.5. The number of likely N-dealkylation sites (tertiary alicyclic amines) is 1. The van der Waals surface area contributed by atoms with E-state index in [-0.39, 0.29) is 30.6 Å². The minimum atomic E-state index is -0.236. The van der Waals surface area contributed by atoms with Gasteiger partial charge in [0.2, 0.25) is 5.91 Å². The first kappa shape index (κ1) is 14.3. The van der Waals surface area contributed by atoms with E-state index in [1.807, 2.05) is 4.90 Å². The summed E-state index contributed by atoms with van der Waals surface area (Å²) in [5.74, 6) is 0.0190. The molecule has 2 heterocycles. The van der Waals surface area contributed by atoms with Crippen molar-refractivity contribution < 1.29 is 19.1 Å². The summed E-state index contributed by atoms with van der Waals surface area (Å²) in [6, 6.07) is 0.149. The number of piperidine rings is 1. The molecule has 2 aliphatic heterocycles. The standard InChI is InChI=1S/C13H22N2O4/c1-18-9-12(16)14-10-4-6-15(7-5-10)13(17)11-3-2-8-19-11/h10-11H,2-9H2,1H3,(H,14,16). The molecule has 2 amide bonds. The Morgan fingerprint density at radius 3 is 2.63 bits per heavy atom. The lowest BCUT2D eigenvalue weighted by molar-refractivity contribution is -0.142. The average molecular weight is 270 g/mol. The average Bonchev–Trinajstić information content (AvgIpc) is 2.93. The molecule has 2 saturated heterocycles. The summed E-state index contributed by atoms with van der Waals surface area (Å²) in [4.78, 5) is 25.4. The number of methoxy groups -OCH3 is 1. The van der Waals surface area contributed by atoms with Gasteiger partial charge >= 0.3 is 0 Å². The SMILES string of the molecule is COCC(=O)NC1CCN(C(=O)C2CCCO2)CC1. The lowest BCUT2D eigenvalue weighted by atomic mass is 10.0. The van der Waals surface area contributed by atoms with Crippen LogP contribution in [0.25, 0.3) is 0 Å². The Morgan fingerprint density at radius 2 is 2.05 bits per heavy atom. The van der Waals surface area contributed by atoms with Gasteiger partial charge in [0.15, 0.2) is 0 Å². The van der Waals surface area contributed by atoms with Gasteiger partial charge < -0.3 is 19.7 Å². The third kappa shape index (κ3) is 3.91. The van der Waals surface area contributed by atoms with Crippen LogP contribution in [-0.2, 0) is 19.1 Å². The number of hydrogen-bond donors (Lipinski definition) is 1. The van der Waals surface area contributed by atoms with Gasteiger partial charge in [-0.05, 0) is 25.7 Å². The molecule has 0 aromatic rings. The maximum atomic E-state index is 12.1. The number of ether oxygens (including phenoxy) is 2. The predicted octanol–water partition coefficient (Wildman–Crippen LogP) is -0.0810. The Bertz CT molecular complexity index is 321. The van der Waals surface area contributed by atoms with E-state index in [2.05, 4.69) is 5.32 Å². The number of nitrogens with zero attached hydrogens (tertiary/aromatic N) is 1. The molecule has 0 radical (unpaired) electrons. The van der Waals surface area contributed by atoms with Crippen molar-refractivity contribution in [2.75, 3.05) is 33.4 Å². The van der Waals surface area contributed by atoms with Crippen LogP contribution in [0.4, 0.5) is 0 Å². The Balaban J connectivity index is 1.72. The van der Waals surface area contributed by atoms with Gasteiger partial charge in [-0.2, -0.15) is 0 Å². The van der Waals surface area contributed by atoms with Crippen molar-refractivity contribution in [1.82, 2.24) is 10.2 Å². The molecule has 1 unspecified atom stereocenters. The van der Waals surface area contributed by atoms with Gasteiger partial charge in [-0.1, -0.05) is 0 Å². The first-order valence-corrected chi connectivity index (χ1v) is 6.89. The lowest BCUT2D eigenvalue weighted by Crippen LogP contribution is -2.49. The molecule has 2 rings (SSSR count). The Hall–Kier alpha value is -1.14. The normalized spacial score (nSPS) is 24.5. The van der Waals surface area contributed by atoms with E-state index in [0.29, 0.717) is 19.7 Å². The molecule has 6 nitrogen and oxygen atoms in total. The van der Waals surface area contributed by atoms with Gasteiger partial charge in [-0.25, -0.2) is 0 Å². The number of hydrogen-bond acceptors (Lipinski definition) is 4. The minimum Gasteiger partial charge on any atom is -0.375 e. The van der Waals surface area contributed by atoms with Crippen LogP contribution in [0.1, 0.15) is 25.7 Å². The van der Waals surface area contributed by atoms with Gasteiger partial charge in [-0.3, -0.25) is 9.59 Å². The van der Waals surface area contributed by atoms with Crippen LogP contribution in [0.15, 0.2) is 0 Å². The molecule has 2 aliphatic rings. The highest BCUT2D eigenvalue weighted by Gasteiger charge is 2.31. The second kappa shape index (κ2) is 6.86.